The van der Waals surface area contributed by atoms with Crippen LogP contribution in [0, 0.1) is 0 Å². The van der Waals surface area contributed by atoms with E-state index in [-0.39, 0.29) is 12.2 Å². The van der Waals surface area contributed by atoms with Crippen LogP contribution in [0.1, 0.15) is 26.7 Å². The van der Waals surface area contributed by atoms with Gasteiger partial charge in [-0.25, -0.2) is 0 Å². The van der Waals surface area contributed by atoms with Gasteiger partial charge in [0.25, 0.3) is 0 Å². The molecule has 0 aromatic rings. The molecule has 5 heteroatoms. The van der Waals surface area contributed by atoms with Crippen molar-refractivity contribution in [1.82, 2.24) is 0 Å². The summed E-state index contributed by atoms with van der Waals surface area (Å²) in [5.74, 6) is 0. The maximum atomic E-state index is 5.67. The van der Waals surface area contributed by atoms with E-state index in [4.69, 9.17) is 23.7 Å². The minimum atomic E-state index is -0.0506. The van der Waals surface area contributed by atoms with Crippen LogP contribution in [0.15, 0.2) is 25.7 Å². The molecule has 0 N–H and O–H groups in total. The van der Waals surface area contributed by atoms with E-state index in [1.807, 2.05) is 13.8 Å². The third-order valence-corrected chi connectivity index (χ3v) is 2.76. The lowest BCUT2D eigenvalue weighted by atomic mass is 10.2. The highest BCUT2D eigenvalue weighted by atomic mass is 16.6. The number of ether oxygens (including phenoxy) is 5. The molecule has 21 heavy (non-hydrogen) atoms. The molecule has 0 bridgehead atoms. The van der Waals surface area contributed by atoms with E-state index in [0.29, 0.717) is 39.6 Å². The molecule has 5 nitrogen and oxygen atoms in total. The Labute approximate surface area is 128 Å². The van der Waals surface area contributed by atoms with Crippen LogP contribution in [0.2, 0.25) is 0 Å². The van der Waals surface area contributed by atoms with Crippen LogP contribution in [0.3, 0.4) is 0 Å². The summed E-state index contributed by atoms with van der Waals surface area (Å²) in [6, 6.07) is 0. The molecular formula is C16H30O5. The van der Waals surface area contributed by atoms with Gasteiger partial charge in [0.05, 0.1) is 39.0 Å². The van der Waals surface area contributed by atoms with Gasteiger partial charge < -0.3 is 23.7 Å². The molecule has 0 saturated heterocycles. The second-order valence-corrected chi connectivity index (χ2v) is 4.36. The van der Waals surface area contributed by atoms with Gasteiger partial charge >= 0.3 is 0 Å². The van der Waals surface area contributed by atoms with Crippen molar-refractivity contribution in [2.75, 3.05) is 39.6 Å². The summed E-state index contributed by atoms with van der Waals surface area (Å²) in [6.07, 6.45) is 4.31. The largest absolute Gasteiger partial charge is 0.496 e. The average molecular weight is 302 g/mol. The third kappa shape index (κ3) is 12.4. The number of hydrogen-bond donors (Lipinski definition) is 0. The van der Waals surface area contributed by atoms with Gasteiger partial charge in [-0.3, -0.25) is 0 Å². The van der Waals surface area contributed by atoms with Crippen molar-refractivity contribution in [3.63, 3.8) is 0 Å². The molecule has 0 aromatic carbocycles. The first-order valence-corrected chi connectivity index (χ1v) is 7.54. The number of rotatable bonds is 16. The molecule has 124 valence electrons. The highest BCUT2D eigenvalue weighted by molar-refractivity contribution is 4.65. The van der Waals surface area contributed by atoms with Crippen molar-refractivity contribution >= 4 is 0 Å². The van der Waals surface area contributed by atoms with Gasteiger partial charge in [-0.05, 0) is 13.8 Å². The van der Waals surface area contributed by atoms with Crippen molar-refractivity contribution in [2.24, 2.45) is 0 Å². The van der Waals surface area contributed by atoms with E-state index in [0.717, 1.165) is 12.8 Å². The van der Waals surface area contributed by atoms with E-state index in [9.17, 15) is 0 Å². The van der Waals surface area contributed by atoms with Crippen molar-refractivity contribution in [3.8, 4) is 0 Å². The van der Waals surface area contributed by atoms with Crippen molar-refractivity contribution < 1.29 is 23.7 Å². The zero-order valence-corrected chi connectivity index (χ0v) is 13.4. The van der Waals surface area contributed by atoms with Gasteiger partial charge in [0.2, 0.25) is 0 Å². The lowest BCUT2D eigenvalue weighted by Gasteiger charge is -2.20. The molecular weight excluding hydrogens is 272 g/mol. The molecule has 0 aliphatic carbocycles. The predicted molar refractivity (Wildman–Crippen MR) is 83.2 cm³/mol. The fourth-order valence-corrected chi connectivity index (χ4v) is 1.70. The molecule has 0 fully saturated rings. The Kier molecular flexibility index (Phi) is 14.6. The van der Waals surface area contributed by atoms with Crippen LogP contribution in [-0.2, 0) is 23.7 Å². The van der Waals surface area contributed by atoms with Crippen molar-refractivity contribution in [1.29, 1.82) is 0 Å². The van der Waals surface area contributed by atoms with Crippen LogP contribution < -0.4 is 0 Å². The van der Waals surface area contributed by atoms with Crippen LogP contribution >= 0.6 is 0 Å². The monoisotopic (exact) mass is 302 g/mol. The summed E-state index contributed by atoms with van der Waals surface area (Å²) < 4.78 is 27.1. The first kappa shape index (κ1) is 20.0. The van der Waals surface area contributed by atoms with E-state index < -0.39 is 0 Å². The fraction of sp³-hybridized carbons (Fsp3) is 0.750. The fourth-order valence-electron chi connectivity index (χ4n) is 1.70. The molecule has 0 aromatic heterocycles. The molecule has 0 rings (SSSR count). The first-order chi connectivity index (χ1) is 10.3. The lowest BCUT2D eigenvalue weighted by Crippen LogP contribution is -2.25. The van der Waals surface area contributed by atoms with E-state index in [1.165, 1.54) is 12.5 Å². The van der Waals surface area contributed by atoms with Gasteiger partial charge in [0.15, 0.2) is 0 Å². The van der Waals surface area contributed by atoms with Gasteiger partial charge in [-0.1, -0.05) is 13.2 Å². The van der Waals surface area contributed by atoms with Gasteiger partial charge in [0.1, 0.15) is 12.2 Å². The standard InChI is InChI=1S/C16H30O5/c1-5-17-11-9-15(20-7-3)13-19-14-16(21-8-4)10-12-18-6-2/h7-8,15-16H,3-6,9-14H2,1-2H3. The summed E-state index contributed by atoms with van der Waals surface area (Å²) in [4.78, 5) is 0. The normalized spacial score (nSPS) is 13.4. The Hall–Kier alpha value is -1.04. The zero-order valence-electron chi connectivity index (χ0n) is 13.4. The Bertz CT molecular complexity index is 221. The summed E-state index contributed by atoms with van der Waals surface area (Å²) in [5, 5.41) is 0. The minimum absolute atomic E-state index is 0.0506. The van der Waals surface area contributed by atoms with Gasteiger partial charge in [0, 0.05) is 26.1 Å². The third-order valence-electron chi connectivity index (χ3n) is 2.76. The Balaban J connectivity index is 3.93. The summed E-state index contributed by atoms with van der Waals surface area (Å²) in [5.41, 5.74) is 0. The zero-order chi connectivity index (χ0) is 15.8. The molecule has 2 atom stereocenters. The molecule has 0 radical (unpaired) electrons. The van der Waals surface area contributed by atoms with Crippen LogP contribution in [0.5, 0.6) is 0 Å². The summed E-state index contributed by atoms with van der Waals surface area (Å²) >= 11 is 0. The van der Waals surface area contributed by atoms with Crippen LogP contribution in [-0.4, -0.2) is 51.8 Å². The average Bonchev–Trinajstić information content (AvgIpc) is 2.47. The highest BCUT2D eigenvalue weighted by Crippen LogP contribution is 2.05. The van der Waals surface area contributed by atoms with E-state index >= 15 is 0 Å². The second kappa shape index (κ2) is 15.4. The van der Waals surface area contributed by atoms with Crippen molar-refractivity contribution in [2.45, 2.75) is 38.9 Å². The lowest BCUT2D eigenvalue weighted by molar-refractivity contribution is -0.0333. The van der Waals surface area contributed by atoms with Crippen LogP contribution in [0.25, 0.3) is 0 Å². The molecule has 0 aliphatic heterocycles. The quantitative estimate of drug-likeness (QED) is 0.324. The van der Waals surface area contributed by atoms with Gasteiger partial charge in [-0.15, -0.1) is 0 Å². The molecule has 0 heterocycles. The maximum absolute atomic E-state index is 5.67. The minimum Gasteiger partial charge on any atom is -0.496 e. The SMILES string of the molecule is C=COC(CCOCC)COCC(CCOCC)OC=C. The Morgan fingerprint density at radius 3 is 1.52 bits per heavy atom. The van der Waals surface area contributed by atoms with Crippen LogP contribution in [0.4, 0.5) is 0 Å². The Morgan fingerprint density at radius 2 is 1.19 bits per heavy atom. The van der Waals surface area contributed by atoms with Crippen molar-refractivity contribution in [3.05, 3.63) is 25.7 Å². The molecule has 0 spiro atoms. The molecule has 0 aliphatic rings. The smallest absolute Gasteiger partial charge is 0.123 e. The number of hydrogen-bond acceptors (Lipinski definition) is 5. The van der Waals surface area contributed by atoms with E-state index in [1.54, 1.807) is 0 Å². The highest BCUT2D eigenvalue weighted by Gasteiger charge is 2.13. The summed E-state index contributed by atoms with van der Waals surface area (Å²) in [6.45, 7) is 14.7. The van der Waals surface area contributed by atoms with E-state index in [2.05, 4.69) is 13.2 Å². The molecule has 0 amide bonds. The maximum Gasteiger partial charge on any atom is 0.123 e. The summed E-state index contributed by atoms with van der Waals surface area (Å²) in [7, 11) is 0. The first-order valence-electron chi connectivity index (χ1n) is 7.54. The molecule has 0 saturated carbocycles. The predicted octanol–water partition coefficient (Wildman–Crippen LogP) is 2.91. The molecule has 2 unspecified atom stereocenters. The Morgan fingerprint density at radius 1 is 0.762 bits per heavy atom. The second-order valence-electron chi connectivity index (χ2n) is 4.36. The topological polar surface area (TPSA) is 46.2 Å². The van der Waals surface area contributed by atoms with Gasteiger partial charge in [-0.2, -0.15) is 0 Å².